The summed E-state index contributed by atoms with van der Waals surface area (Å²) in [7, 11) is 3.72. The zero-order chi connectivity index (χ0) is 21.5. The van der Waals surface area contributed by atoms with E-state index in [2.05, 4.69) is 57.4 Å². The minimum Gasteiger partial charge on any atom is -0.385 e. The summed E-state index contributed by atoms with van der Waals surface area (Å²) < 4.78 is 7.17. The van der Waals surface area contributed by atoms with Gasteiger partial charge in [0.25, 0.3) is 0 Å². The van der Waals surface area contributed by atoms with Gasteiger partial charge in [-0.3, -0.25) is 0 Å². The van der Waals surface area contributed by atoms with Crippen molar-refractivity contribution in [3.8, 4) is 0 Å². The van der Waals surface area contributed by atoms with E-state index in [1.54, 1.807) is 7.11 Å². The van der Waals surface area contributed by atoms with Gasteiger partial charge in [-0.15, -0.1) is 34.2 Å². The largest absolute Gasteiger partial charge is 0.385 e. The fraction of sp³-hybridized carbons (Fsp3) is 0.591. The van der Waals surface area contributed by atoms with E-state index in [4.69, 9.17) is 9.73 Å². The Morgan fingerprint density at radius 2 is 1.87 bits per heavy atom. The number of nitrogens with zero attached hydrogens (tertiary/aromatic N) is 6. The van der Waals surface area contributed by atoms with Crippen LogP contribution in [0.5, 0.6) is 0 Å². The van der Waals surface area contributed by atoms with Crippen molar-refractivity contribution in [2.75, 3.05) is 51.3 Å². The van der Waals surface area contributed by atoms with Crippen LogP contribution in [0.25, 0.3) is 0 Å². The van der Waals surface area contributed by atoms with Crippen molar-refractivity contribution in [1.82, 2.24) is 25.0 Å². The molecule has 0 bridgehead atoms. The molecule has 2 aromatic rings. The van der Waals surface area contributed by atoms with Crippen molar-refractivity contribution in [3.05, 3.63) is 41.0 Å². The number of ether oxygens (including phenoxy) is 1. The SMILES string of the molecule is COCCCNC(=NCc1nnc(C)n1C)N1CCN(c2cccc(C)c2C)CC1.I. The smallest absolute Gasteiger partial charge is 0.194 e. The normalized spacial score (nSPS) is 14.5. The summed E-state index contributed by atoms with van der Waals surface area (Å²) in [4.78, 5) is 9.69. The highest BCUT2D eigenvalue weighted by Gasteiger charge is 2.21. The van der Waals surface area contributed by atoms with Gasteiger partial charge in [-0.2, -0.15) is 0 Å². The third-order valence-electron chi connectivity index (χ3n) is 5.86. The second kappa shape index (κ2) is 12.2. The number of halogens is 1. The average Bonchev–Trinajstić information content (AvgIpc) is 3.07. The second-order valence-corrected chi connectivity index (χ2v) is 7.83. The maximum Gasteiger partial charge on any atom is 0.194 e. The number of anilines is 1. The Kier molecular flexibility index (Phi) is 10.0. The average molecular weight is 541 g/mol. The number of aryl methyl sites for hydroxylation is 2. The van der Waals surface area contributed by atoms with Gasteiger partial charge in [0.1, 0.15) is 12.4 Å². The number of hydrogen-bond donors (Lipinski definition) is 1. The number of rotatable bonds is 7. The number of benzene rings is 1. The maximum atomic E-state index is 5.18. The molecule has 8 nitrogen and oxygen atoms in total. The molecule has 0 radical (unpaired) electrons. The highest BCUT2D eigenvalue weighted by Crippen LogP contribution is 2.23. The van der Waals surface area contributed by atoms with Crippen molar-refractivity contribution in [1.29, 1.82) is 0 Å². The van der Waals surface area contributed by atoms with Gasteiger partial charge in [-0.1, -0.05) is 12.1 Å². The molecule has 2 heterocycles. The standard InChI is InChI=1S/C22H35N7O.HI/c1-17-8-6-9-20(18(17)2)28-11-13-29(14-12-28)22(23-10-7-15-30-5)24-16-21-26-25-19(3)27(21)4;/h6,8-9H,7,10-16H2,1-5H3,(H,23,24);1H. The number of guanidine groups is 1. The summed E-state index contributed by atoms with van der Waals surface area (Å²) >= 11 is 0. The van der Waals surface area contributed by atoms with Crippen LogP contribution in [-0.4, -0.2) is 72.1 Å². The lowest BCUT2D eigenvalue weighted by Crippen LogP contribution is -2.53. The lowest BCUT2D eigenvalue weighted by molar-refractivity contribution is 0.195. The molecule has 31 heavy (non-hydrogen) atoms. The quantitative estimate of drug-likeness (QED) is 0.252. The highest BCUT2D eigenvalue weighted by molar-refractivity contribution is 14.0. The Morgan fingerprint density at radius 3 is 2.52 bits per heavy atom. The number of piperazine rings is 1. The number of aliphatic imine (C=N–C) groups is 1. The molecular weight excluding hydrogens is 505 g/mol. The highest BCUT2D eigenvalue weighted by atomic mass is 127. The fourth-order valence-corrected chi connectivity index (χ4v) is 3.66. The van der Waals surface area contributed by atoms with Gasteiger partial charge in [0.05, 0.1) is 0 Å². The van der Waals surface area contributed by atoms with Crippen LogP contribution in [0.15, 0.2) is 23.2 Å². The molecule has 1 aliphatic heterocycles. The Hall–Kier alpha value is -1.88. The van der Waals surface area contributed by atoms with Crippen LogP contribution in [0.2, 0.25) is 0 Å². The van der Waals surface area contributed by atoms with Crippen LogP contribution in [0.4, 0.5) is 5.69 Å². The molecule has 0 amide bonds. The molecule has 0 saturated carbocycles. The molecule has 0 atom stereocenters. The van der Waals surface area contributed by atoms with Crippen molar-refractivity contribution in [2.45, 2.75) is 33.7 Å². The van der Waals surface area contributed by atoms with Crippen LogP contribution in [-0.2, 0) is 18.3 Å². The lowest BCUT2D eigenvalue weighted by Gasteiger charge is -2.38. The van der Waals surface area contributed by atoms with Crippen molar-refractivity contribution >= 4 is 35.6 Å². The molecule has 3 rings (SSSR count). The summed E-state index contributed by atoms with van der Waals surface area (Å²) in [6.45, 7) is 12.3. The van der Waals surface area contributed by atoms with Gasteiger partial charge in [0.2, 0.25) is 0 Å². The van der Waals surface area contributed by atoms with Crippen molar-refractivity contribution < 1.29 is 4.74 Å². The molecule has 1 saturated heterocycles. The first-order valence-electron chi connectivity index (χ1n) is 10.7. The first-order valence-corrected chi connectivity index (χ1v) is 10.7. The van der Waals surface area contributed by atoms with Crippen molar-refractivity contribution in [3.63, 3.8) is 0 Å². The molecule has 0 spiro atoms. The number of methoxy groups -OCH3 is 1. The topological polar surface area (TPSA) is 70.8 Å². The van der Waals surface area contributed by atoms with E-state index in [1.165, 1.54) is 16.8 Å². The Balaban J connectivity index is 0.00000341. The number of hydrogen-bond acceptors (Lipinski definition) is 5. The third kappa shape index (κ3) is 6.55. The first kappa shape index (κ1) is 25.4. The van der Waals surface area contributed by atoms with E-state index < -0.39 is 0 Å². The summed E-state index contributed by atoms with van der Waals surface area (Å²) in [5, 5.41) is 11.9. The molecule has 172 valence electrons. The van der Waals surface area contributed by atoms with Gasteiger partial charge in [0.15, 0.2) is 11.8 Å². The van der Waals surface area contributed by atoms with E-state index in [9.17, 15) is 0 Å². The van der Waals surface area contributed by atoms with Gasteiger partial charge in [0, 0.05) is 59.2 Å². The Labute approximate surface area is 203 Å². The minimum absolute atomic E-state index is 0. The molecule has 1 aliphatic rings. The molecule has 0 aliphatic carbocycles. The van der Waals surface area contributed by atoms with E-state index in [1.807, 2.05) is 18.5 Å². The lowest BCUT2D eigenvalue weighted by atomic mass is 10.1. The van der Waals surface area contributed by atoms with Gasteiger partial charge >= 0.3 is 0 Å². The van der Waals surface area contributed by atoms with Crippen LogP contribution < -0.4 is 10.2 Å². The summed E-state index contributed by atoms with van der Waals surface area (Å²) in [6.07, 6.45) is 0.945. The number of nitrogens with one attached hydrogen (secondary N) is 1. The van der Waals surface area contributed by atoms with Crippen LogP contribution in [0.3, 0.4) is 0 Å². The van der Waals surface area contributed by atoms with E-state index in [0.29, 0.717) is 6.54 Å². The predicted octanol–water partition coefficient (Wildman–Crippen LogP) is 2.66. The van der Waals surface area contributed by atoms with Crippen LogP contribution in [0, 0.1) is 20.8 Å². The van der Waals surface area contributed by atoms with Crippen LogP contribution >= 0.6 is 24.0 Å². The molecule has 0 unspecified atom stereocenters. The Morgan fingerprint density at radius 1 is 1.13 bits per heavy atom. The van der Waals surface area contributed by atoms with Crippen LogP contribution in [0.1, 0.15) is 29.2 Å². The summed E-state index contributed by atoms with van der Waals surface area (Å²) in [5.41, 5.74) is 4.06. The van der Waals surface area contributed by atoms with Gasteiger partial charge in [-0.05, 0) is 44.4 Å². The molecule has 1 fully saturated rings. The zero-order valence-electron chi connectivity index (χ0n) is 19.4. The van der Waals surface area contributed by atoms with Gasteiger partial charge < -0.3 is 24.4 Å². The van der Waals surface area contributed by atoms with Crippen molar-refractivity contribution in [2.24, 2.45) is 12.0 Å². The summed E-state index contributed by atoms with van der Waals surface area (Å²) in [6, 6.07) is 6.56. The summed E-state index contributed by atoms with van der Waals surface area (Å²) in [5.74, 6) is 2.71. The van der Waals surface area contributed by atoms with E-state index >= 15 is 0 Å². The number of aromatic nitrogens is 3. The first-order chi connectivity index (χ1) is 14.5. The second-order valence-electron chi connectivity index (χ2n) is 7.83. The zero-order valence-corrected chi connectivity index (χ0v) is 21.7. The predicted molar refractivity (Wildman–Crippen MR) is 136 cm³/mol. The molecular formula is C22H36IN7O. The minimum atomic E-state index is 0. The fourth-order valence-electron chi connectivity index (χ4n) is 3.66. The molecule has 1 aromatic carbocycles. The monoisotopic (exact) mass is 541 g/mol. The van der Waals surface area contributed by atoms with Gasteiger partial charge in [-0.25, -0.2) is 4.99 Å². The maximum absolute atomic E-state index is 5.18. The van der Waals surface area contributed by atoms with E-state index in [-0.39, 0.29) is 24.0 Å². The van der Waals surface area contributed by atoms with E-state index in [0.717, 1.165) is 63.4 Å². The Bertz CT molecular complexity index is 860. The third-order valence-corrected chi connectivity index (χ3v) is 5.86. The molecule has 1 N–H and O–H groups in total. The molecule has 9 heteroatoms. The molecule has 1 aromatic heterocycles.